The van der Waals surface area contributed by atoms with E-state index in [1.807, 2.05) is 66.7 Å². The van der Waals surface area contributed by atoms with E-state index in [-0.39, 0.29) is 24.8 Å². The molecule has 0 saturated heterocycles. The third-order valence-corrected chi connectivity index (χ3v) is 7.21. The fraction of sp³-hybridized carbons (Fsp3) is 0.289. The first-order chi connectivity index (χ1) is 22.5. The van der Waals surface area contributed by atoms with E-state index in [4.69, 9.17) is 25.8 Å². The van der Waals surface area contributed by atoms with Gasteiger partial charge in [-0.05, 0) is 93.6 Å². The van der Waals surface area contributed by atoms with Crippen molar-refractivity contribution in [3.05, 3.63) is 113 Å². The maximum Gasteiger partial charge on any atom is 0.407 e. The molecule has 0 aromatic heterocycles. The van der Waals surface area contributed by atoms with Gasteiger partial charge in [0.25, 0.3) is 5.91 Å². The average Bonchev–Trinajstić information content (AvgIpc) is 3.04. The molecule has 0 radical (unpaired) electrons. The number of nitrogens with zero attached hydrogens (tertiary/aromatic N) is 1. The van der Waals surface area contributed by atoms with Gasteiger partial charge in [-0.1, -0.05) is 66.2 Å². The minimum Gasteiger partial charge on any atom is -0.466 e. The van der Waals surface area contributed by atoms with E-state index >= 15 is 0 Å². The van der Waals surface area contributed by atoms with Crippen LogP contribution in [0.2, 0.25) is 5.02 Å². The highest BCUT2D eigenvalue weighted by Crippen LogP contribution is 2.36. The van der Waals surface area contributed by atoms with Crippen molar-refractivity contribution < 1.29 is 28.6 Å². The minimum atomic E-state index is -0.607. The molecule has 0 bridgehead atoms. The van der Waals surface area contributed by atoms with E-state index in [1.165, 1.54) is 0 Å². The van der Waals surface area contributed by atoms with Crippen molar-refractivity contribution in [2.24, 2.45) is 0 Å². The number of ether oxygens (including phenoxy) is 3. The third-order valence-electron chi connectivity index (χ3n) is 6.98. The normalized spacial score (nSPS) is 11.0. The van der Waals surface area contributed by atoms with Crippen molar-refractivity contribution in [3.63, 3.8) is 0 Å². The lowest BCUT2D eigenvalue weighted by molar-refractivity contribution is -0.143. The van der Waals surface area contributed by atoms with Crippen LogP contribution in [-0.4, -0.2) is 36.7 Å². The lowest BCUT2D eigenvalue weighted by atomic mass is 10.0. The second-order valence-electron chi connectivity index (χ2n) is 11.9. The van der Waals surface area contributed by atoms with Crippen LogP contribution in [0.4, 0.5) is 10.5 Å². The first kappa shape index (κ1) is 35.0. The van der Waals surface area contributed by atoms with Crippen molar-refractivity contribution in [2.75, 3.05) is 18.1 Å². The predicted molar refractivity (Wildman–Crippen MR) is 185 cm³/mol. The number of benzene rings is 4. The van der Waals surface area contributed by atoms with Crippen LogP contribution in [0, 0.1) is 0 Å². The van der Waals surface area contributed by atoms with Crippen LogP contribution in [0.5, 0.6) is 11.5 Å². The summed E-state index contributed by atoms with van der Waals surface area (Å²) in [5, 5.41) is 3.19. The molecule has 4 aromatic carbocycles. The molecule has 8 nitrogen and oxygen atoms in total. The Morgan fingerprint density at radius 3 is 2.26 bits per heavy atom. The van der Waals surface area contributed by atoms with Crippen LogP contribution in [0.3, 0.4) is 0 Å². The highest BCUT2D eigenvalue weighted by molar-refractivity contribution is 6.30. The lowest BCUT2D eigenvalue weighted by Gasteiger charge is -2.26. The number of halogens is 1. The Morgan fingerprint density at radius 2 is 1.55 bits per heavy atom. The molecule has 246 valence electrons. The molecule has 1 N–H and O–H groups in total. The highest BCUT2D eigenvalue weighted by Gasteiger charge is 2.23. The molecule has 2 amide bonds. The summed E-state index contributed by atoms with van der Waals surface area (Å²) in [5.74, 6) is 0.398. The quantitative estimate of drug-likeness (QED) is 0.114. The maximum atomic E-state index is 14.1. The van der Waals surface area contributed by atoms with Crippen molar-refractivity contribution in [2.45, 2.75) is 59.1 Å². The molecular weight excluding hydrogens is 616 g/mol. The zero-order valence-electron chi connectivity index (χ0n) is 27.3. The minimum absolute atomic E-state index is 0.219. The average molecular weight is 657 g/mol. The number of alkyl carbamates (subject to hydrolysis) is 1. The Hall–Kier alpha value is -4.82. The van der Waals surface area contributed by atoms with Gasteiger partial charge in [0.05, 0.1) is 12.3 Å². The molecule has 0 fully saturated rings. The van der Waals surface area contributed by atoms with Crippen LogP contribution < -0.4 is 15.0 Å². The van der Waals surface area contributed by atoms with E-state index in [0.717, 1.165) is 16.7 Å². The number of hydrogen-bond acceptors (Lipinski definition) is 6. The molecule has 47 heavy (non-hydrogen) atoms. The first-order valence-corrected chi connectivity index (χ1v) is 16.1. The molecule has 4 rings (SSSR count). The molecule has 0 unspecified atom stereocenters. The second kappa shape index (κ2) is 16.7. The largest absolute Gasteiger partial charge is 0.466 e. The predicted octanol–water partition coefficient (Wildman–Crippen LogP) is 9.20. The molecule has 4 aromatic rings. The summed E-state index contributed by atoms with van der Waals surface area (Å²) in [5.41, 5.74) is 3.27. The number of carbonyl (C=O) groups is 3. The summed E-state index contributed by atoms with van der Waals surface area (Å²) in [6.45, 7) is 8.07. The summed E-state index contributed by atoms with van der Waals surface area (Å²) in [6, 6.07) is 29.8. The molecule has 0 aliphatic rings. The number of carbonyl (C=O) groups excluding carboxylic acids is 3. The molecule has 0 atom stereocenters. The Kier molecular flexibility index (Phi) is 12.4. The van der Waals surface area contributed by atoms with E-state index in [2.05, 4.69) is 5.32 Å². The van der Waals surface area contributed by atoms with Gasteiger partial charge in [-0.3, -0.25) is 9.59 Å². The smallest absolute Gasteiger partial charge is 0.407 e. The summed E-state index contributed by atoms with van der Waals surface area (Å²) >= 11 is 6.42. The van der Waals surface area contributed by atoms with Crippen molar-refractivity contribution in [1.82, 2.24) is 5.32 Å². The summed E-state index contributed by atoms with van der Waals surface area (Å²) in [6.07, 6.45) is 0.845. The van der Waals surface area contributed by atoms with Gasteiger partial charge in [0.2, 0.25) is 0 Å². The van der Waals surface area contributed by atoms with Crippen molar-refractivity contribution >= 4 is 35.3 Å². The number of unbranched alkanes of at least 4 members (excludes halogenated alkanes) is 1. The van der Waals surface area contributed by atoms with Gasteiger partial charge in [-0.15, -0.1) is 0 Å². The standard InChI is InChI=1S/C38H41ClN2O6/c1-5-45-35(42)16-9-10-23-41(36(43)30-19-17-29(18-20-30)28-13-7-6-8-14-28)33-22-21-31(39)25-34(33)46-32-15-11-12-27(24-32)26-40-37(44)47-38(2,3)4/h6-8,11-15,17-22,24-25H,5,9-10,16,23,26H2,1-4H3,(H,40,44). The fourth-order valence-electron chi connectivity index (χ4n) is 4.82. The Bertz CT molecular complexity index is 1650. The van der Waals surface area contributed by atoms with Crippen LogP contribution in [0.1, 0.15) is 62.9 Å². The Labute approximate surface area is 281 Å². The van der Waals surface area contributed by atoms with Gasteiger partial charge in [-0.25, -0.2) is 4.79 Å². The van der Waals surface area contributed by atoms with Crippen LogP contribution in [0.25, 0.3) is 11.1 Å². The number of hydrogen-bond donors (Lipinski definition) is 1. The number of esters is 1. The van der Waals surface area contributed by atoms with Crippen LogP contribution in [-0.2, 0) is 20.8 Å². The van der Waals surface area contributed by atoms with Crippen molar-refractivity contribution in [3.8, 4) is 22.6 Å². The summed E-state index contributed by atoms with van der Waals surface area (Å²) in [4.78, 5) is 39.9. The van der Waals surface area contributed by atoms with Gasteiger partial charge in [0.1, 0.15) is 11.4 Å². The van der Waals surface area contributed by atoms with E-state index < -0.39 is 11.7 Å². The second-order valence-corrected chi connectivity index (χ2v) is 12.3. The SMILES string of the molecule is CCOC(=O)CCCCN(C(=O)c1ccc(-c2ccccc2)cc1)c1ccc(Cl)cc1Oc1cccc(CNC(=O)OC(C)(C)C)c1. The van der Waals surface area contributed by atoms with Gasteiger partial charge >= 0.3 is 12.1 Å². The molecule has 9 heteroatoms. The zero-order valence-corrected chi connectivity index (χ0v) is 28.0. The maximum absolute atomic E-state index is 14.1. The monoisotopic (exact) mass is 656 g/mol. The van der Waals surface area contributed by atoms with Gasteiger partial charge in [0.15, 0.2) is 5.75 Å². The number of nitrogens with one attached hydrogen (secondary N) is 1. The topological polar surface area (TPSA) is 94.2 Å². The summed E-state index contributed by atoms with van der Waals surface area (Å²) in [7, 11) is 0. The molecule has 0 spiro atoms. The van der Waals surface area contributed by atoms with E-state index in [9.17, 15) is 14.4 Å². The zero-order chi connectivity index (χ0) is 33.8. The fourth-order valence-corrected chi connectivity index (χ4v) is 4.98. The number of rotatable bonds is 13. The molecule has 0 saturated carbocycles. The molecule has 0 heterocycles. The number of amides is 2. The summed E-state index contributed by atoms with van der Waals surface area (Å²) < 4.78 is 16.8. The van der Waals surface area contributed by atoms with Gasteiger partial charge in [-0.2, -0.15) is 0 Å². The van der Waals surface area contributed by atoms with Gasteiger partial charge in [0, 0.05) is 36.2 Å². The third kappa shape index (κ3) is 10.9. The van der Waals surface area contributed by atoms with Crippen molar-refractivity contribution in [1.29, 1.82) is 0 Å². The van der Waals surface area contributed by atoms with E-state index in [1.54, 1.807) is 62.9 Å². The Morgan fingerprint density at radius 1 is 0.830 bits per heavy atom. The Balaban J connectivity index is 1.58. The van der Waals surface area contributed by atoms with Gasteiger partial charge < -0.3 is 24.4 Å². The first-order valence-electron chi connectivity index (χ1n) is 15.7. The lowest BCUT2D eigenvalue weighted by Crippen LogP contribution is -2.32. The molecule has 0 aliphatic carbocycles. The highest BCUT2D eigenvalue weighted by atomic mass is 35.5. The number of anilines is 1. The van der Waals surface area contributed by atoms with Crippen LogP contribution in [0.15, 0.2) is 97.1 Å². The van der Waals surface area contributed by atoms with E-state index in [0.29, 0.717) is 53.8 Å². The molecular formula is C38H41ClN2O6. The van der Waals surface area contributed by atoms with Crippen LogP contribution >= 0.6 is 11.6 Å². The molecule has 0 aliphatic heterocycles.